The molecule has 27 heavy (non-hydrogen) atoms. The summed E-state index contributed by atoms with van der Waals surface area (Å²) in [6.07, 6.45) is 3.28. The van der Waals surface area contributed by atoms with Crippen molar-refractivity contribution >= 4 is 13.5 Å². The average molecular weight is 742 g/mol. The van der Waals surface area contributed by atoms with E-state index in [1.807, 2.05) is 0 Å². The first kappa shape index (κ1) is 35.6. The zero-order chi connectivity index (χ0) is 19.2. The van der Waals surface area contributed by atoms with Gasteiger partial charge in [0.1, 0.15) is 0 Å². The summed E-state index contributed by atoms with van der Waals surface area (Å²) in [6.45, 7) is 28.7. The van der Waals surface area contributed by atoms with Gasteiger partial charge >= 0.3 is 0 Å². The van der Waals surface area contributed by atoms with E-state index in [1.54, 1.807) is 12.2 Å². The van der Waals surface area contributed by atoms with Gasteiger partial charge in [0.25, 0.3) is 0 Å². The molecule has 0 unspecified atom stereocenters. The summed E-state index contributed by atoms with van der Waals surface area (Å²) in [7, 11) is 0. The van der Waals surface area contributed by atoms with Crippen LogP contribution < -0.4 is 0 Å². The number of hydrogen-bond donors (Lipinski definition) is 0. The molecule has 0 heterocycles. The number of thiol groups is 1. The van der Waals surface area contributed by atoms with Crippen molar-refractivity contribution in [2.24, 2.45) is 0 Å². The van der Waals surface area contributed by atoms with Gasteiger partial charge in [-0.05, 0) is 59.2 Å². The van der Waals surface area contributed by atoms with E-state index in [1.165, 1.54) is 59.2 Å². The zero-order valence-corrected chi connectivity index (χ0v) is 24.4. The van der Waals surface area contributed by atoms with Gasteiger partial charge in [-0.3, -0.25) is 0 Å². The quantitative estimate of drug-likeness (QED) is 0.158. The summed E-state index contributed by atoms with van der Waals surface area (Å²) < 4.78 is 0. The van der Waals surface area contributed by atoms with E-state index >= 15 is 0 Å². The Bertz CT molecular complexity index is 259. The standard InChI is InChI=1S/2C10H15.C4H6.2Ir.H2S/c2*1-6-7(2)9(4)10(5)8(6)3;1-3-4-2;;;/h2*1-5H3;3-4H,1-2H2;;;1H2/p-1. The Morgan fingerprint density at radius 3 is 0.481 bits per heavy atom. The van der Waals surface area contributed by atoms with Crippen LogP contribution in [0, 0.1) is 59.2 Å². The first-order valence-corrected chi connectivity index (χ1v) is 8.65. The van der Waals surface area contributed by atoms with Crippen molar-refractivity contribution in [2.75, 3.05) is 0 Å². The Balaban J connectivity index is -0.000000150. The number of rotatable bonds is 1. The van der Waals surface area contributed by atoms with Crippen molar-refractivity contribution in [3.05, 3.63) is 84.5 Å². The van der Waals surface area contributed by atoms with E-state index in [-0.39, 0.29) is 53.7 Å². The van der Waals surface area contributed by atoms with Crippen LogP contribution in [0.5, 0.6) is 0 Å². The summed E-state index contributed by atoms with van der Waals surface area (Å²) >= 11 is 0. The van der Waals surface area contributed by atoms with Gasteiger partial charge in [-0.2, -0.15) is 0 Å². The molecule has 0 nitrogen and oxygen atoms in total. The molecule has 0 bridgehead atoms. The first-order chi connectivity index (χ1) is 11.0. The molecule has 0 aromatic heterocycles. The second-order valence-electron chi connectivity index (χ2n) is 6.72. The fraction of sp³-hybridized carbons (Fsp3) is 0.417. The molecule has 2 rings (SSSR count). The van der Waals surface area contributed by atoms with Crippen LogP contribution in [0.4, 0.5) is 0 Å². The molecule has 0 aliphatic heterocycles. The van der Waals surface area contributed by atoms with E-state index in [2.05, 4.69) is 82.4 Å². The Morgan fingerprint density at radius 1 is 0.370 bits per heavy atom. The van der Waals surface area contributed by atoms with E-state index in [0.29, 0.717) is 0 Å². The predicted octanol–water partition coefficient (Wildman–Crippen LogP) is 7.03. The Hall–Kier alpha value is 1.13. The molecule has 2 fully saturated rings. The molecule has 158 valence electrons. The van der Waals surface area contributed by atoms with Crippen molar-refractivity contribution in [2.45, 2.75) is 69.2 Å². The molecule has 0 aromatic carbocycles. The average Bonchev–Trinajstić information content (AvgIpc) is 2.86. The predicted molar refractivity (Wildman–Crippen MR) is 118 cm³/mol. The van der Waals surface area contributed by atoms with Crippen molar-refractivity contribution in [1.29, 1.82) is 0 Å². The van der Waals surface area contributed by atoms with E-state index < -0.39 is 0 Å². The van der Waals surface area contributed by atoms with Gasteiger partial charge in [0.15, 0.2) is 0 Å². The summed E-state index contributed by atoms with van der Waals surface area (Å²) in [5.41, 5.74) is 0. The smallest absolute Gasteiger partial charge is 0 e. The Labute approximate surface area is 206 Å². The van der Waals surface area contributed by atoms with Gasteiger partial charge in [-0.1, -0.05) is 94.5 Å². The van der Waals surface area contributed by atoms with Crippen molar-refractivity contribution < 1.29 is 40.2 Å². The van der Waals surface area contributed by atoms with Crippen molar-refractivity contribution in [3.8, 4) is 0 Å². The Kier molecular flexibility index (Phi) is 22.2. The van der Waals surface area contributed by atoms with Crippen LogP contribution >= 0.6 is 0 Å². The summed E-state index contributed by atoms with van der Waals surface area (Å²) in [5.74, 6) is 14.7. The molecule has 0 atom stereocenters. The third kappa shape index (κ3) is 9.65. The Morgan fingerprint density at radius 2 is 0.444 bits per heavy atom. The minimum absolute atomic E-state index is 0. The number of allylic oxidation sites excluding steroid dienone is 2. The topological polar surface area (TPSA) is 0 Å². The third-order valence-corrected chi connectivity index (χ3v) is 5.79. The van der Waals surface area contributed by atoms with Gasteiger partial charge in [0.05, 0.1) is 0 Å². The van der Waals surface area contributed by atoms with Crippen LogP contribution in [0.2, 0.25) is 0 Å². The molecular formula is C24H37Ir2S-. The van der Waals surface area contributed by atoms with Gasteiger partial charge in [-0.25, -0.2) is 0 Å². The minimum Gasteiger partial charge on any atom is -0.813 e. The van der Waals surface area contributed by atoms with Crippen LogP contribution in [-0.2, 0) is 53.7 Å². The molecule has 12 radical (unpaired) electrons. The SMILES string of the molecule is C=CC=C.C[C]1[C](C)[C](C)[C](C)[C]1C.C[C]1[C](C)[C](C)[C](C)[C]1C.[Ir].[Ir].[SH-]. The minimum atomic E-state index is 0. The molecular weight excluding hydrogens is 705 g/mol. The molecule has 0 N–H and O–H groups in total. The molecule has 2 aliphatic carbocycles. The fourth-order valence-corrected chi connectivity index (χ4v) is 2.81. The van der Waals surface area contributed by atoms with Crippen molar-refractivity contribution in [3.63, 3.8) is 0 Å². The molecule has 3 heteroatoms. The van der Waals surface area contributed by atoms with Gasteiger partial charge in [0, 0.05) is 40.2 Å². The van der Waals surface area contributed by atoms with E-state index in [0.717, 1.165) is 0 Å². The van der Waals surface area contributed by atoms with E-state index in [4.69, 9.17) is 0 Å². The molecule has 0 spiro atoms. The number of hydrogen-bond acceptors (Lipinski definition) is 1. The maximum atomic E-state index is 3.36. The van der Waals surface area contributed by atoms with Gasteiger partial charge in [0.2, 0.25) is 0 Å². The normalized spacial score (nSPS) is 21.9. The summed E-state index contributed by atoms with van der Waals surface area (Å²) in [5, 5.41) is 0. The third-order valence-electron chi connectivity index (χ3n) is 5.79. The van der Waals surface area contributed by atoms with Crippen molar-refractivity contribution in [1.82, 2.24) is 0 Å². The van der Waals surface area contributed by atoms with Crippen LogP contribution in [0.15, 0.2) is 25.3 Å². The summed E-state index contributed by atoms with van der Waals surface area (Å²) in [6, 6.07) is 0. The first-order valence-electron chi connectivity index (χ1n) is 8.65. The maximum absolute atomic E-state index is 3.36. The molecule has 2 aliphatic rings. The van der Waals surface area contributed by atoms with Crippen LogP contribution in [0.25, 0.3) is 0 Å². The van der Waals surface area contributed by atoms with Gasteiger partial charge in [-0.15, -0.1) is 0 Å². The maximum Gasteiger partial charge on any atom is 0 e. The van der Waals surface area contributed by atoms with E-state index in [9.17, 15) is 0 Å². The molecule has 0 amide bonds. The van der Waals surface area contributed by atoms with Crippen LogP contribution in [0.3, 0.4) is 0 Å². The van der Waals surface area contributed by atoms with Gasteiger partial charge < -0.3 is 13.5 Å². The molecule has 0 saturated heterocycles. The molecule has 2 saturated carbocycles. The fourth-order valence-electron chi connectivity index (χ4n) is 2.81. The molecule has 0 aromatic rings. The second-order valence-corrected chi connectivity index (χ2v) is 6.72. The zero-order valence-electron chi connectivity index (χ0n) is 18.7. The van der Waals surface area contributed by atoms with Crippen LogP contribution in [-0.4, -0.2) is 0 Å². The second kappa shape index (κ2) is 16.9. The summed E-state index contributed by atoms with van der Waals surface area (Å²) in [4.78, 5) is 0. The van der Waals surface area contributed by atoms with Crippen LogP contribution in [0.1, 0.15) is 69.2 Å². The largest absolute Gasteiger partial charge is 0.813 e. The monoisotopic (exact) mass is 743 g/mol.